The van der Waals surface area contributed by atoms with Crippen molar-refractivity contribution in [3.8, 4) is 0 Å². The predicted molar refractivity (Wildman–Crippen MR) is 61.3 cm³/mol. The van der Waals surface area contributed by atoms with Crippen LogP contribution in [0.3, 0.4) is 0 Å². The summed E-state index contributed by atoms with van der Waals surface area (Å²) in [6, 6.07) is 0. The first kappa shape index (κ1) is 10.8. The van der Waals surface area contributed by atoms with Gasteiger partial charge in [-0.2, -0.15) is 4.37 Å². The summed E-state index contributed by atoms with van der Waals surface area (Å²) in [5.41, 5.74) is -0.110. The first-order valence-electron chi connectivity index (χ1n) is 5.18. The fourth-order valence-electron chi connectivity index (χ4n) is 1.28. The van der Waals surface area contributed by atoms with Crippen molar-refractivity contribution in [1.29, 1.82) is 0 Å². The van der Waals surface area contributed by atoms with Gasteiger partial charge in [-0.15, -0.1) is 0 Å². The zero-order chi connectivity index (χ0) is 11.1. The maximum absolute atomic E-state index is 9.18. The van der Waals surface area contributed by atoms with Crippen LogP contribution < -0.4 is 5.32 Å². The highest BCUT2D eigenvalue weighted by atomic mass is 32.1. The Balaban J connectivity index is 2.08. The molecule has 4 nitrogen and oxygen atoms in total. The van der Waals surface area contributed by atoms with E-state index in [1.807, 2.05) is 0 Å². The molecule has 0 aliphatic heterocycles. The van der Waals surface area contributed by atoms with Crippen LogP contribution in [0.4, 0.5) is 5.13 Å². The van der Waals surface area contributed by atoms with Gasteiger partial charge in [-0.1, -0.05) is 20.8 Å². The number of rotatable bonds is 3. The van der Waals surface area contributed by atoms with E-state index < -0.39 is 0 Å². The van der Waals surface area contributed by atoms with Crippen LogP contribution in [0, 0.1) is 0 Å². The number of aromatic nitrogens is 2. The Morgan fingerprint density at radius 3 is 2.53 bits per heavy atom. The average Bonchev–Trinajstić information content (AvgIpc) is 2.73. The number of nitrogens with zero attached hydrogens (tertiary/aromatic N) is 2. The third kappa shape index (κ3) is 2.29. The summed E-state index contributed by atoms with van der Waals surface area (Å²) < 4.78 is 4.32. The minimum atomic E-state index is -0.102. The molecule has 0 aromatic carbocycles. The van der Waals surface area contributed by atoms with Crippen molar-refractivity contribution >= 4 is 16.7 Å². The Hall–Kier alpha value is -0.680. The van der Waals surface area contributed by atoms with E-state index in [9.17, 15) is 5.11 Å². The molecular weight excluding hydrogens is 210 g/mol. The smallest absolute Gasteiger partial charge is 0.203 e. The Kier molecular flexibility index (Phi) is 2.47. The lowest BCUT2D eigenvalue weighted by Crippen LogP contribution is -2.25. The molecule has 1 aromatic heterocycles. The van der Waals surface area contributed by atoms with Gasteiger partial charge in [0.05, 0.1) is 12.1 Å². The molecule has 0 saturated heterocycles. The first-order valence-corrected chi connectivity index (χ1v) is 5.96. The minimum absolute atomic E-state index is 0.00758. The Morgan fingerprint density at radius 1 is 1.47 bits per heavy atom. The van der Waals surface area contributed by atoms with E-state index in [1.165, 1.54) is 11.5 Å². The van der Waals surface area contributed by atoms with E-state index in [-0.39, 0.29) is 17.6 Å². The highest BCUT2D eigenvalue weighted by Crippen LogP contribution is 2.39. The van der Waals surface area contributed by atoms with Gasteiger partial charge in [0.15, 0.2) is 0 Å². The highest BCUT2D eigenvalue weighted by molar-refractivity contribution is 7.09. The van der Waals surface area contributed by atoms with Gasteiger partial charge in [0, 0.05) is 16.9 Å². The highest BCUT2D eigenvalue weighted by Gasteiger charge is 2.42. The molecule has 2 N–H and O–H groups in total. The van der Waals surface area contributed by atoms with Crippen molar-refractivity contribution in [2.45, 2.75) is 44.6 Å². The summed E-state index contributed by atoms with van der Waals surface area (Å²) in [6.45, 7) is 6.46. The van der Waals surface area contributed by atoms with E-state index in [0.29, 0.717) is 0 Å². The zero-order valence-electron chi connectivity index (χ0n) is 9.37. The molecule has 1 fully saturated rings. The van der Waals surface area contributed by atoms with Crippen molar-refractivity contribution < 1.29 is 5.11 Å². The van der Waals surface area contributed by atoms with E-state index in [1.54, 1.807) is 0 Å². The van der Waals surface area contributed by atoms with Gasteiger partial charge in [0.1, 0.15) is 5.82 Å². The quantitative estimate of drug-likeness (QED) is 0.826. The lowest BCUT2D eigenvalue weighted by atomic mass is 9.96. The number of aliphatic hydroxyl groups is 1. The van der Waals surface area contributed by atoms with Crippen molar-refractivity contribution in [3.05, 3.63) is 5.82 Å². The van der Waals surface area contributed by atoms with Gasteiger partial charge >= 0.3 is 0 Å². The van der Waals surface area contributed by atoms with E-state index >= 15 is 0 Å². The first-order chi connectivity index (χ1) is 6.95. The van der Waals surface area contributed by atoms with E-state index in [2.05, 4.69) is 35.4 Å². The largest absolute Gasteiger partial charge is 0.394 e. The molecule has 15 heavy (non-hydrogen) atoms. The monoisotopic (exact) mass is 227 g/mol. The molecule has 5 heteroatoms. The second kappa shape index (κ2) is 3.42. The normalized spacial score (nSPS) is 18.9. The van der Waals surface area contributed by atoms with Crippen LogP contribution in [-0.2, 0) is 5.41 Å². The number of hydrogen-bond acceptors (Lipinski definition) is 5. The van der Waals surface area contributed by atoms with Crippen LogP contribution in [0.25, 0.3) is 0 Å². The van der Waals surface area contributed by atoms with Gasteiger partial charge in [-0.25, -0.2) is 4.98 Å². The zero-order valence-corrected chi connectivity index (χ0v) is 10.2. The van der Waals surface area contributed by atoms with Crippen molar-refractivity contribution in [3.63, 3.8) is 0 Å². The summed E-state index contributed by atoms with van der Waals surface area (Å²) in [6.07, 6.45) is 2.04. The lowest BCUT2D eigenvalue weighted by Gasteiger charge is -2.14. The topological polar surface area (TPSA) is 58.0 Å². The number of anilines is 1. The van der Waals surface area contributed by atoms with Gasteiger partial charge in [-0.3, -0.25) is 0 Å². The van der Waals surface area contributed by atoms with Crippen LogP contribution >= 0.6 is 11.5 Å². The molecule has 0 radical (unpaired) electrons. The molecule has 1 aliphatic carbocycles. The third-order valence-electron chi connectivity index (χ3n) is 2.63. The second-order valence-electron chi connectivity index (χ2n) is 5.24. The molecule has 0 unspecified atom stereocenters. The predicted octanol–water partition coefficient (Wildman–Crippen LogP) is 1.77. The van der Waals surface area contributed by atoms with Crippen LogP contribution in [0.15, 0.2) is 0 Å². The molecule has 1 saturated carbocycles. The van der Waals surface area contributed by atoms with E-state index in [4.69, 9.17) is 0 Å². The van der Waals surface area contributed by atoms with Crippen LogP contribution in [0.5, 0.6) is 0 Å². The molecule has 0 amide bonds. The lowest BCUT2D eigenvalue weighted by molar-refractivity contribution is 0.266. The summed E-state index contributed by atoms with van der Waals surface area (Å²) in [7, 11) is 0. The Morgan fingerprint density at radius 2 is 2.13 bits per heavy atom. The second-order valence-corrected chi connectivity index (χ2v) is 5.99. The minimum Gasteiger partial charge on any atom is -0.394 e. The molecule has 0 bridgehead atoms. The van der Waals surface area contributed by atoms with Gasteiger partial charge in [0.2, 0.25) is 5.13 Å². The van der Waals surface area contributed by atoms with Gasteiger partial charge in [-0.05, 0) is 12.8 Å². The maximum atomic E-state index is 9.18. The molecule has 1 aliphatic rings. The van der Waals surface area contributed by atoms with Crippen LogP contribution in [-0.4, -0.2) is 26.6 Å². The summed E-state index contributed by atoms with van der Waals surface area (Å²) in [4.78, 5) is 4.44. The number of nitrogens with one attached hydrogen (secondary N) is 1. The van der Waals surface area contributed by atoms with Gasteiger partial charge < -0.3 is 10.4 Å². The fraction of sp³-hybridized carbons (Fsp3) is 0.800. The van der Waals surface area contributed by atoms with Crippen LogP contribution in [0.2, 0.25) is 0 Å². The van der Waals surface area contributed by atoms with Crippen LogP contribution in [0.1, 0.15) is 39.4 Å². The Labute approximate surface area is 93.9 Å². The molecule has 84 valence electrons. The molecule has 0 atom stereocenters. The standard InChI is InChI=1S/C10H17N3OS/c1-9(2,3)7-11-8(15-13-7)12-10(6-14)4-5-10/h14H,4-6H2,1-3H3,(H,11,12,13). The third-order valence-corrected chi connectivity index (χ3v) is 3.26. The molecular formula is C10H17N3OS. The molecule has 1 aromatic rings. The fourth-order valence-corrected chi connectivity index (χ4v) is 2.16. The van der Waals surface area contributed by atoms with Crippen molar-refractivity contribution in [2.75, 3.05) is 11.9 Å². The van der Waals surface area contributed by atoms with E-state index in [0.717, 1.165) is 23.8 Å². The number of hydrogen-bond donors (Lipinski definition) is 2. The summed E-state index contributed by atoms with van der Waals surface area (Å²) >= 11 is 1.38. The summed E-state index contributed by atoms with van der Waals surface area (Å²) in [5, 5.41) is 13.3. The van der Waals surface area contributed by atoms with Crippen molar-refractivity contribution in [1.82, 2.24) is 9.36 Å². The molecule has 0 spiro atoms. The molecule has 1 heterocycles. The average molecular weight is 227 g/mol. The van der Waals surface area contributed by atoms with Gasteiger partial charge in [0.25, 0.3) is 0 Å². The number of aliphatic hydroxyl groups excluding tert-OH is 1. The summed E-state index contributed by atoms with van der Waals surface area (Å²) in [5.74, 6) is 0.865. The SMILES string of the molecule is CC(C)(C)c1nsc(NC2(CO)CC2)n1. The Bertz CT molecular complexity index is 352. The maximum Gasteiger partial charge on any atom is 0.203 e. The molecule has 2 rings (SSSR count). The van der Waals surface area contributed by atoms with Crippen molar-refractivity contribution in [2.24, 2.45) is 0 Å².